The van der Waals surface area contributed by atoms with Gasteiger partial charge in [0.1, 0.15) is 5.69 Å². The van der Waals surface area contributed by atoms with Crippen molar-refractivity contribution >= 4 is 26.8 Å². The Hall–Kier alpha value is -4.01. The third-order valence-corrected chi connectivity index (χ3v) is 10.2. The number of para-hydroxylation sites is 1. The van der Waals surface area contributed by atoms with Gasteiger partial charge in [-0.2, -0.15) is 9.57 Å². The van der Waals surface area contributed by atoms with E-state index < -0.39 is 22.2 Å². The molecule has 1 N–H and O–H groups in total. The van der Waals surface area contributed by atoms with Crippen molar-refractivity contribution in [3.05, 3.63) is 89.6 Å². The van der Waals surface area contributed by atoms with Crippen LogP contribution in [0.5, 0.6) is 0 Å². The van der Waals surface area contributed by atoms with Crippen LogP contribution in [0.3, 0.4) is 0 Å². The molecule has 0 saturated heterocycles. The fourth-order valence-electron chi connectivity index (χ4n) is 5.78. The van der Waals surface area contributed by atoms with Gasteiger partial charge in [0, 0.05) is 49.6 Å². The molecule has 4 aromatic rings. The highest BCUT2D eigenvalue weighted by molar-refractivity contribution is 7.89. The van der Waals surface area contributed by atoms with Crippen LogP contribution in [0.4, 0.5) is 0 Å². The van der Waals surface area contributed by atoms with Gasteiger partial charge in [-0.25, -0.2) is 8.42 Å². The maximum atomic E-state index is 14.5. The maximum Gasteiger partial charge on any atom is 0.271 e. The lowest BCUT2D eigenvalue weighted by Gasteiger charge is -2.35. The summed E-state index contributed by atoms with van der Waals surface area (Å²) in [4.78, 5) is 16.2. The van der Waals surface area contributed by atoms with Crippen molar-refractivity contribution < 1.29 is 23.1 Å². The first-order chi connectivity index (χ1) is 20.6. The molecule has 5 rings (SSSR count). The standard InChI is InChI=1S/C33H36N4O5S/c1-22-18-37(23(2)20-38)33(39)32-31(28-14-7-8-15-29(28)36(32)4)27-13-6-5-11-25(27)21-42-30(22)19-35(3)43(40,41)26-12-9-10-24(16-26)17-34/h5-16,22-23,30,38H,18-21H2,1-4H3/t22-,23-,30+/m0/s1. The lowest BCUT2D eigenvalue weighted by Crippen LogP contribution is -2.48. The molecule has 0 radical (unpaired) electrons. The molecule has 43 heavy (non-hydrogen) atoms. The number of carbonyl (C=O) groups excluding carboxylic acids is 1. The molecular weight excluding hydrogens is 564 g/mol. The maximum absolute atomic E-state index is 14.5. The summed E-state index contributed by atoms with van der Waals surface area (Å²) in [7, 11) is -0.558. The smallest absolute Gasteiger partial charge is 0.271 e. The minimum atomic E-state index is -3.93. The monoisotopic (exact) mass is 600 g/mol. The first kappa shape index (κ1) is 30.4. The summed E-state index contributed by atoms with van der Waals surface area (Å²) < 4.78 is 36.7. The van der Waals surface area contributed by atoms with Crippen LogP contribution < -0.4 is 0 Å². The molecule has 9 nitrogen and oxygen atoms in total. The van der Waals surface area contributed by atoms with Crippen molar-refractivity contribution in [1.82, 2.24) is 13.8 Å². The number of sulfonamides is 1. The Bertz CT molecular complexity index is 1810. The number of likely N-dealkylation sites (N-methyl/N-ethyl adjacent to an activating group) is 1. The van der Waals surface area contributed by atoms with Crippen LogP contribution in [0, 0.1) is 17.2 Å². The van der Waals surface area contributed by atoms with Crippen LogP contribution in [0.15, 0.2) is 77.7 Å². The van der Waals surface area contributed by atoms with Crippen LogP contribution in [0.2, 0.25) is 0 Å². The van der Waals surface area contributed by atoms with Gasteiger partial charge >= 0.3 is 0 Å². The van der Waals surface area contributed by atoms with E-state index >= 15 is 0 Å². The fraction of sp³-hybridized carbons (Fsp3) is 0.333. The second kappa shape index (κ2) is 12.3. The highest BCUT2D eigenvalue weighted by Crippen LogP contribution is 2.38. The number of aliphatic hydroxyl groups excluding tert-OH is 1. The topological polar surface area (TPSA) is 116 Å². The second-order valence-electron chi connectivity index (χ2n) is 11.2. The third-order valence-electron chi connectivity index (χ3n) is 8.33. The number of ether oxygens (including phenoxy) is 1. The second-order valence-corrected chi connectivity index (χ2v) is 13.2. The van der Waals surface area contributed by atoms with E-state index in [0.717, 1.165) is 27.6 Å². The Morgan fingerprint density at radius 2 is 1.84 bits per heavy atom. The number of aliphatic hydroxyl groups is 1. The Morgan fingerprint density at radius 3 is 2.58 bits per heavy atom. The fourth-order valence-corrected chi connectivity index (χ4v) is 7.01. The number of nitriles is 1. The van der Waals surface area contributed by atoms with Crippen molar-refractivity contribution in [3.8, 4) is 17.2 Å². The molecular formula is C33H36N4O5S. The van der Waals surface area contributed by atoms with E-state index in [1.54, 1.807) is 24.0 Å². The number of nitrogens with zero attached hydrogens (tertiary/aromatic N) is 4. The van der Waals surface area contributed by atoms with Gasteiger partial charge in [-0.15, -0.1) is 0 Å². The molecule has 0 bridgehead atoms. The van der Waals surface area contributed by atoms with Crippen LogP contribution >= 0.6 is 0 Å². The zero-order valence-corrected chi connectivity index (χ0v) is 25.6. The van der Waals surface area contributed by atoms with Crippen molar-refractivity contribution in [2.75, 3.05) is 26.7 Å². The van der Waals surface area contributed by atoms with E-state index in [2.05, 4.69) is 0 Å². The molecule has 1 amide bonds. The lowest BCUT2D eigenvalue weighted by atomic mass is 9.96. The Kier molecular flexibility index (Phi) is 8.71. The molecule has 0 unspecified atom stereocenters. The molecule has 0 fully saturated rings. The zero-order chi connectivity index (χ0) is 30.9. The van der Waals surface area contributed by atoms with Crippen LogP contribution in [-0.2, 0) is 28.4 Å². The summed E-state index contributed by atoms with van der Waals surface area (Å²) in [5.74, 6) is -0.517. The van der Waals surface area contributed by atoms with Crippen LogP contribution in [0.1, 0.15) is 35.5 Å². The number of fused-ring (bicyclic) bond motifs is 5. The van der Waals surface area contributed by atoms with Crippen LogP contribution in [0.25, 0.3) is 22.0 Å². The molecule has 1 aromatic heterocycles. The van der Waals surface area contributed by atoms with E-state index in [1.807, 2.05) is 73.1 Å². The summed E-state index contributed by atoms with van der Waals surface area (Å²) in [6, 6.07) is 23.1. The molecule has 0 spiro atoms. The minimum absolute atomic E-state index is 0.0217. The van der Waals surface area contributed by atoms with Gasteiger partial charge in [0.2, 0.25) is 10.0 Å². The van der Waals surface area contributed by atoms with Crippen molar-refractivity contribution in [1.29, 1.82) is 5.26 Å². The molecule has 10 heteroatoms. The van der Waals surface area contributed by atoms with Gasteiger partial charge in [-0.05, 0) is 42.3 Å². The number of aryl methyl sites for hydroxylation is 1. The average Bonchev–Trinajstić information content (AvgIpc) is 3.31. The highest BCUT2D eigenvalue weighted by atomic mass is 32.2. The van der Waals surface area contributed by atoms with Gasteiger partial charge in [-0.3, -0.25) is 4.79 Å². The predicted octanol–water partition coefficient (Wildman–Crippen LogP) is 4.40. The first-order valence-corrected chi connectivity index (χ1v) is 15.7. The van der Waals surface area contributed by atoms with Crippen molar-refractivity contribution in [2.45, 2.75) is 37.5 Å². The number of hydrogen-bond donors (Lipinski definition) is 1. The SMILES string of the molecule is C[C@H]1CN([C@@H](C)CO)C(=O)c2c(c3ccccc3n2C)-c2ccccc2CO[C@@H]1CN(C)S(=O)(=O)c1cccc(C#N)c1. The summed E-state index contributed by atoms with van der Waals surface area (Å²) in [5, 5.41) is 20.4. The Balaban J connectivity index is 1.60. The first-order valence-electron chi connectivity index (χ1n) is 14.2. The lowest BCUT2D eigenvalue weighted by molar-refractivity contribution is -0.0147. The largest absolute Gasteiger partial charge is 0.394 e. The van der Waals surface area contributed by atoms with E-state index in [0.29, 0.717) is 5.69 Å². The van der Waals surface area contributed by atoms with Crippen molar-refractivity contribution in [2.24, 2.45) is 13.0 Å². The number of amides is 1. The van der Waals surface area contributed by atoms with E-state index in [9.17, 15) is 23.6 Å². The predicted molar refractivity (Wildman–Crippen MR) is 165 cm³/mol. The van der Waals surface area contributed by atoms with Gasteiger partial charge in [-0.1, -0.05) is 55.5 Å². The number of benzene rings is 3. The molecule has 1 aliphatic heterocycles. The zero-order valence-electron chi connectivity index (χ0n) is 24.8. The highest BCUT2D eigenvalue weighted by Gasteiger charge is 2.35. The van der Waals surface area contributed by atoms with E-state index in [1.165, 1.54) is 23.5 Å². The van der Waals surface area contributed by atoms with Crippen LogP contribution in [-0.4, -0.2) is 72.1 Å². The normalized spacial score (nSPS) is 18.5. The molecule has 0 aliphatic carbocycles. The van der Waals surface area contributed by atoms with E-state index in [-0.39, 0.29) is 48.6 Å². The number of rotatable bonds is 6. The minimum Gasteiger partial charge on any atom is -0.394 e. The Labute approximate surface area is 252 Å². The van der Waals surface area contributed by atoms with Crippen molar-refractivity contribution in [3.63, 3.8) is 0 Å². The third kappa shape index (κ3) is 5.69. The van der Waals surface area contributed by atoms with E-state index in [4.69, 9.17) is 4.74 Å². The molecule has 224 valence electrons. The Morgan fingerprint density at radius 1 is 1.12 bits per heavy atom. The number of carbonyl (C=O) groups is 1. The van der Waals surface area contributed by atoms with Gasteiger partial charge in [0.25, 0.3) is 5.91 Å². The summed E-state index contributed by atoms with van der Waals surface area (Å²) in [6.45, 7) is 3.96. The molecule has 2 heterocycles. The number of aromatic nitrogens is 1. The molecule has 0 saturated carbocycles. The van der Waals surface area contributed by atoms with Gasteiger partial charge in [0.05, 0.1) is 41.9 Å². The summed E-state index contributed by atoms with van der Waals surface area (Å²) in [6.07, 6.45) is -0.592. The average molecular weight is 601 g/mol. The van der Waals surface area contributed by atoms with Gasteiger partial charge in [0.15, 0.2) is 0 Å². The molecule has 3 atom stereocenters. The molecule has 3 aromatic carbocycles. The number of hydrogen-bond acceptors (Lipinski definition) is 6. The van der Waals surface area contributed by atoms with Gasteiger partial charge < -0.3 is 19.3 Å². The summed E-state index contributed by atoms with van der Waals surface area (Å²) >= 11 is 0. The quantitative estimate of drug-likeness (QED) is 0.351. The molecule has 1 aliphatic rings. The summed E-state index contributed by atoms with van der Waals surface area (Å²) in [5.41, 5.74) is 4.24.